The Morgan fingerprint density at radius 2 is 1.76 bits per heavy atom. The Morgan fingerprint density at radius 1 is 0.828 bits per heavy atom. The quantitative estimate of drug-likeness (QED) is 0.433. The summed E-state index contributed by atoms with van der Waals surface area (Å²) in [7, 11) is 0. The second-order valence-corrected chi connectivity index (χ2v) is 6.56. The Labute approximate surface area is 163 Å². The van der Waals surface area contributed by atoms with E-state index >= 15 is 0 Å². The molecule has 9 heteroatoms. The molecule has 138 valence electrons. The summed E-state index contributed by atoms with van der Waals surface area (Å²) in [6.07, 6.45) is 10.7. The van der Waals surface area contributed by atoms with Gasteiger partial charge in [0, 0.05) is 47.7 Å². The monoisotopic (exact) mass is 379 g/mol. The van der Waals surface area contributed by atoms with Gasteiger partial charge in [-0.1, -0.05) is 0 Å². The number of hydrogen-bond acceptors (Lipinski definition) is 6. The highest BCUT2D eigenvalue weighted by Crippen LogP contribution is 2.31. The molecule has 6 rings (SSSR count). The summed E-state index contributed by atoms with van der Waals surface area (Å²) in [6.45, 7) is 0. The van der Waals surface area contributed by atoms with Crippen molar-refractivity contribution in [3.63, 3.8) is 0 Å². The molecule has 0 saturated heterocycles. The average molecular weight is 379 g/mol. The van der Waals surface area contributed by atoms with Crippen molar-refractivity contribution in [2.24, 2.45) is 0 Å². The highest BCUT2D eigenvalue weighted by molar-refractivity contribution is 5.95. The Hall–Kier alpha value is -4.40. The van der Waals surface area contributed by atoms with Gasteiger partial charge in [0.1, 0.15) is 5.69 Å². The zero-order valence-electron chi connectivity index (χ0n) is 15.0. The summed E-state index contributed by atoms with van der Waals surface area (Å²) in [6, 6.07) is 7.91. The third-order valence-corrected chi connectivity index (χ3v) is 4.86. The lowest BCUT2D eigenvalue weighted by Gasteiger charge is -2.01. The molecule has 3 N–H and O–H groups in total. The van der Waals surface area contributed by atoms with Crippen molar-refractivity contribution >= 4 is 22.2 Å². The van der Waals surface area contributed by atoms with Crippen LogP contribution in [0.3, 0.4) is 0 Å². The summed E-state index contributed by atoms with van der Waals surface area (Å²) in [5.74, 6) is 0.655. The molecule has 0 atom stereocenters. The lowest BCUT2D eigenvalue weighted by atomic mass is 10.1. The van der Waals surface area contributed by atoms with E-state index in [1.807, 2.05) is 30.5 Å². The second-order valence-electron chi connectivity index (χ2n) is 6.56. The van der Waals surface area contributed by atoms with Crippen molar-refractivity contribution in [3.05, 3.63) is 61.4 Å². The van der Waals surface area contributed by atoms with E-state index in [-0.39, 0.29) is 0 Å². The molecule has 29 heavy (non-hydrogen) atoms. The average Bonchev–Trinajstić information content (AvgIpc) is 3.52. The minimum Gasteiger partial charge on any atom is -0.335 e. The van der Waals surface area contributed by atoms with Gasteiger partial charge < -0.3 is 4.98 Å². The van der Waals surface area contributed by atoms with Gasteiger partial charge in [-0.25, -0.2) is 15.0 Å². The van der Waals surface area contributed by atoms with E-state index in [9.17, 15) is 0 Å². The first-order valence-corrected chi connectivity index (χ1v) is 8.95. The molecule has 6 heterocycles. The van der Waals surface area contributed by atoms with E-state index < -0.39 is 0 Å². The molecule has 0 amide bonds. The topological polar surface area (TPSA) is 125 Å². The van der Waals surface area contributed by atoms with Crippen molar-refractivity contribution < 1.29 is 0 Å². The zero-order chi connectivity index (χ0) is 19.2. The lowest BCUT2D eigenvalue weighted by molar-refractivity contribution is 1.09. The van der Waals surface area contributed by atoms with Crippen LogP contribution in [-0.2, 0) is 0 Å². The Balaban J connectivity index is 1.54. The number of nitrogens with zero attached hydrogens (tertiary/aromatic N) is 6. The first kappa shape index (κ1) is 15.6. The summed E-state index contributed by atoms with van der Waals surface area (Å²) < 4.78 is 0. The van der Waals surface area contributed by atoms with Gasteiger partial charge in [-0.3, -0.25) is 15.2 Å². The number of rotatable bonds is 3. The molecule has 0 spiro atoms. The molecule has 0 bridgehead atoms. The van der Waals surface area contributed by atoms with Crippen molar-refractivity contribution in [2.45, 2.75) is 0 Å². The van der Waals surface area contributed by atoms with Crippen molar-refractivity contribution in [2.75, 3.05) is 0 Å². The number of fused-ring (bicyclic) bond motifs is 2. The molecule has 0 unspecified atom stereocenters. The summed E-state index contributed by atoms with van der Waals surface area (Å²) in [5, 5.41) is 15.1. The number of imidazole rings is 1. The first-order valence-electron chi connectivity index (χ1n) is 8.95. The molecule has 0 fully saturated rings. The van der Waals surface area contributed by atoms with Gasteiger partial charge in [-0.05, 0) is 29.8 Å². The van der Waals surface area contributed by atoms with Gasteiger partial charge in [0.25, 0.3) is 0 Å². The first-order chi connectivity index (χ1) is 14.4. The maximum atomic E-state index is 4.68. The van der Waals surface area contributed by atoms with Crippen LogP contribution in [0, 0.1) is 0 Å². The normalized spacial score (nSPS) is 11.4. The maximum Gasteiger partial charge on any atom is 0.181 e. The predicted octanol–water partition coefficient (Wildman–Crippen LogP) is 3.35. The molecular formula is C20H13N9. The van der Waals surface area contributed by atoms with Gasteiger partial charge in [-0.2, -0.15) is 10.2 Å². The van der Waals surface area contributed by atoms with Gasteiger partial charge in [-0.15, -0.1) is 0 Å². The second kappa shape index (κ2) is 6.06. The van der Waals surface area contributed by atoms with Crippen LogP contribution in [0.5, 0.6) is 0 Å². The van der Waals surface area contributed by atoms with E-state index in [0.29, 0.717) is 17.1 Å². The standard InChI is InChI=1S/C20H13N9/c1-4-21-5-2-11(1)14-3-6-22-19-16(14)26-20(27-19)17-15-7-12(13-9-24-25-10-13)8-23-18(15)29-28-17/h1-10H,(H,24,25)(H,22,26,27)(H,23,28,29). The van der Waals surface area contributed by atoms with E-state index in [4.69, 9.17) is 0 Å². The molecule has 0 aliphatic carbocycles. The van der Waals surface area contributed by atoms with Crippen molar-refractivity contribution in [3.8, 4) is 33.8 Å². The van der Waals surface area contributed by atoms with Crippen LogP contribution >= 0.6 is 0 Å². The van der Waals surface area contributed by atoms with Crippen LogP contribution < -0.4 is 0 Å². The van der Waals surface area contributed by atoms with Gasteiger partial charge in [0.15, 0.2) is 17.1 Å². The minimum absolute atomic E-state index is 0.620. The highest BCUT2D eigenvalue weighted by Gasteiger charge is 2.16. The Kier molecular flexibility index (Phi) is 3.27. The smallest absolute Gasteiger partial charge is 0.181 e. The van der Waals surface area contributed by atoms with Crippen LogP contribution in [0.4, 0.5) is 0 Å². The molecule has 0 aromatic carbocycles. The molecule has 0 saturated carbocycles. The summed E-state index contributed by atoms with van der Waals surface area (Å²) >= 11 is 0. The molecule has 9 nitrogen and oxygen atoms in total. The highest BCUT2D eigenvalue weighted by atomic mass is 15.2. The predicted molar refractivity (Wildman–Crippen MR) is 108 cm³/mol. The Bertz CT molecular complexity index is 1450. The lowest BCUT2D eigenvalue weighted by Crippen LogP contribution is -1.84. The number of aromatic nitrogens is 9. The van der Waals surface area contributed by atoms with Gasteiger partial charge in [0.05, 0.1) is 17.1 Å². The fourth-order valence-corrected chi connectivity index (χ4v) is 3.45. The molecular weight excluding hydrogens is 366 g/mol. The summed E-state index contributed by atoms with van der Waals surface area (Å²) in [4.78, 5) is 21.0. The maximum absolute atomic E-state index is 4.68. The molecule has 0 aliphatic rings. The molecule has 6 aromatic heterocycles. The number of H-pyrrole nitrogens is 3. The SMILES string of the molecule is c1cc(-c2ccnc3nc(-c4[nH]nc5ncc(-c6cn[nH]c6)cc45)[nH]c23)ccn1. The van der Waals surface area contributed by atoms with E-state index in [2.05, 4.69) is 45.3 Å². The van der Waals surface area contributed by atoms with Crippen LogP contribution in [0.2, 0.25) is 0 Å². The zero-order valence-corrected chi connectivity index (χ0v) is 15.0. The molecule has 6 aromatic rings. The van der Waals surface area contributed by atoms with Gasteiger partial charge in [0.2, 0.25) is 0 Å². The van der Waals surface area contributed by atoms with Crippen LogP contribution in [-0.4, -0.2) is 45.3 Å². The molecule has 0 aliphatic heterocycles. The molecule has 0 radical (unpaired) electrons. The van der Waals surface area contributed by atoms with Crippen LogP contribution in [0.1, 0.15) is 0 Å². The number of aromatic amines is 3. The van der Waals surface area contributed by atoms with E-state index in [0.717, 1.165) is 38.9 Å². The van der Waals surface area contributed by atoms with Crippen LogP contribution in [0.25, 0.3) is 56.0 Å². The summed E-state index contributed by atoms with van der Waals surface area (Å²) in [5.41, 5.74) is 6.83. The van der Waals surface area contributed by atoms with Crippen molar-refractivity contribution in [1.29, 1.82) is 0 Å². The third kappa shape index (κ3) is 2.48. The Morgan fingerprint density at radius 3 is 2.62 bits per heavy atom. The van der Waals surface area contributed by atoms with Crippen LogP contribution in [0.15, 0.2) is 61.4 Å². The van der Waals surface area contributed by atoms with E-state index in [1.54, 1.807) is 31.0 Å². The third-order valence-electron chi connectivity index (χ3n) is 4.86. The minimum atomic E-state index is 0.620. The largest absolute Gasteiger partial charge is 0.335 e. The van der Waals surface area contributed by atoms with E-state index in [1.165, 1.54) is 0 Å². The number of hydrogen-bond donors (Lipinski definition) is 3. The fraction of sp³-hybridized carbons (Fsp3) is 0. The number of nitrogens with one attached hydrogen (secondary N) is 3. The van der Waals surface area contributed by atoms with Gasteiger partial charge >= 0.3 is 0 Å². The van der Waals surface area contributed by atoms with Crippen molar-refractivity contribution in [1.82, 2.24) is 45.3 Å². The number of pyridine rings is 3. The fourth-order valence-electron chi connectivity index (χ4n) is 3.45.